The van der Waals surface area contributed by atoms with Crippen molar-refractivity contribution in [1.29, 1.82) is 0 Å². The predicted octanol–water partition coefficient (Wildman–Crippen LogP) is 3.73. The van der Waals surface area contributed by atoms with Crippen LogP contribution in [0.4, 0.5) is 0 Å². The summed E-state index contributed by atoms with van der Waals surface area (Å²) < 4.78 is 1.67. The summed E-state index contributed by atoms with van der Waals surface area (Å²) in [7, 11) is 1.81. The number of hydrogen-bond donors (Lipinski definition) is 2. The van der Waals surface area contributed by atoms with Gasteiger partial charge < -0.3 is 10.3 Å². The SMILES string of the molecule is CCC(NC(=O)CCc1c(C)c2c(C)nn(C)c2[nH]c1=O)c1ccc(Cl)cc1. The van der Waals surface area contributed by atoms with E-state index >= 15 is 0 Å². The Kier molecular flexibility index (Phi) is 5.89. The van der Waals surface area contributed by atoms with Crippen LogP contribution in [0.15, 0.2) is 29.1 Å². The molecule has 148 valence electrons. The number of benzene rings is 1. The van der Waals surface area contributed by atoms with E-state index in [2.05, 4.69) is 15.4 Å². The zero-order valence-corrected chi connectivity index (χ0v) is 17.4. The number of halogens is 1. The molecule has 1 aromatic carbocycles. The highest BCUT2D eigenvalue weighted by atomic mass is 35.5. The van der Waals surface area contributed by atoms with Crippen LogP contribution in [-0.2, 0) is 18.3 Å². The molecule has 0 spiro atoms. The van der Waals surface area contributed by atoms with Crippen LogP contribution in [-0.4, -0.2) is 20.7 Å². The highest BCUT2D eigenvalue weighted by molar-refractivity contribution is 6.30. The van der Waals surface area contributed by atoms with E-state index in [-0.39, 0.29) is 23.9 Å². The van der Waals surface area contributed by atoms with Crippen LogP contribution in [0.3, 0.4) is 0 Å². The van der Waals surface area contributed by atoms with Crippen molar-refractivity contribution in [2.75, 3.05) is 0 Å². The average Bonchev–Trinajstić information content (AvgIpc) is 2.94. The normalized spacial score (nSPS) is 12.3. The van der Waals surface area contributed by atoms with Crippen LogP contribution < -0.4 is 10.9 Å². The molecule has 1 amide bonds. The second-order valence-electron chi connectivity index (χ2n) is 7.07. The molecule has 1 unspecified atom stereocenters. The molecule has 6 nitrogen and oxygen atoms in total. The highest BCUT2D eigenvalue weighted by Crippen LogP contribution is 2.22. The molecule has 0 bridgehead atoms. The van der Waals surface area contributed by atoms with Gasteiger partial charge in [-0.3, -0.25) is 14.3 Å². The number of carbonyl (C=O) groups is 1. The fraction of sp³-hybridized carbons (Fsp3) is 0.381. The number of hydrogen-bond acceptors (Lipinski definition) is 3. The van der Waals surface area contributed by atoms with Gasteiger partial charge in [-0.1, -0.05) is 30.7 Å². The zero-order chi connectivity index (χ0) is 20.4. The lowest BCUT2D eigenvalue weighted by atomic mass is 10.0. The fourth-order valence-corrected chi connectivity index (χ4v) is 3.80. The van der Waals surface area contributed by atoms with Crippen LogP contribution in [0.5, 0.6) is 0 Å². The van der Waals surface area contributed by atoms with E-state index in [0.29, 0.717) is 22.7 Å². The molecule has 0 fully saturated rings. The number of rotatable bonds is 6. The molecule has 2 aromatic heterocycles. The topological polar surface area (TPSA) is 79.8 Å². The maximum absolute atomic E-state index is 12.5. The third-order valence-electron chi connectivity index (χ3n) is 5.17. The van der Waals surface area contributed by atoms with Gasteiger partial charge in [-0.25, -0.2) is 0 Å². The van der Waals surface area contributed by atoms with Gasteiger partial charge in [0.25, 0.3) is 5.56 Å². The largest absolute Gasteiger partial charge is 0.349 e. The first-order valence-corrected chi connectivity index (χ1v) is 9.79. The summed E-state index contributed by atoms with van der Waals surface area (Å²) in [6.07, 6.45) is 1.40. The number of H-pyrrole nitrogens is 1. The second kappa shape index (κ2) is 8.19. The third kappa shape index (κ3) is 3.97. The summed E-state index contributed by atoms with van der Waals surface area (Å²) in [4.78, 5) is 27.9. The molecule has 0 aliphatic rings. The fourth-order valence-electron chi connectivity index (χ4n) is 3.68. The summed E-state index contributed by atoms with van der Waals surface area (Å²) in [5.41, 5.74) is 3.96. The van der Waals surface area contributed by atoms with Gasteiger partial charge in [0.05, 0.1) is 11.7 Å². The highest BCUT2D eigenvalue weighted by Gasteiger charge is 2.17. The van der Waals surface area contributed by atoms with Crippen LogP contribution in [0.2, 0.25) is 5.02 Å². The molecular formula is C21H25ClN4O2. The number of carbonyl (C=O) groups excluding carboxylic acids is 1. The molecule has 0 aliphatic heterocycles. The number of pyridine rings is 1. The third-order valence-corrected chi connectivity index (χ3v) is 5.43. The Labute approximate surface area is 168 Å². The number of amides is 1. The molecule has 28 heavy (non-hydrogen) atoms. The van der Waals surface area contributed by atoms with Crippen molar-refractivity contribution in [2.24, 2.45) is 7.05 Å². The molecule has 3 aromatic rings. The van der Waals surface area contributed by atoms with Crippen LogP contribution in [0, 0.1) is 13.8 Å². The Morgan fingerprint density at radius 2 is 1.96 bits per heavy atom. The summed E-state index contributed by atoms with van der Waals surface area (Å²) in [6, 6.07) is 7.41. The standard InChI is InChI=1S/C21H25ClN4O2/c1-5-17(14-6-8-15(22)9-7-14)23-18(27)11-10-16-12(2)19-13(3)25-26(4)20(19)24-21(16)28/h6-9,17H,5,10-11H2,1-4H3,(H,23,27)(H,24,28). The molecule has 0 aliphatic carbocycles. The van der Waals surface area contributed by atoms with E-state index in [1.165, 1.54) is 0 Å². The molecule has 7 heteroatoms. The quantitative estimate of drug-likeness (QED) is 0.661. The summed E-state index contributed by atoms with van der Waals surface area (Å²) in [5.74, 6) is -0.0800. The van der Waals surface area contributed by atoms with Crippen molar-refractivity contribution in [3.05, 3.63) is 62.0 Å². The van der Waals surface area contributed by atoms with Crippen LogP contribution in [0.1, 0.15) is 48.2 Å². The van der Waals surface area contributed by atoms with Gasteiger partial charge in [-0.2, -0.15) is 5.10 Å². The molecule has 2 heterocycles. The van der Waals surface area contributed by atoms with Gasteiger partial charge in [-0.05, 0) is 49.9 Å². The van der Waals surface area contributed by atoms with Crippen molar-refractivity contribution in [2.45, 2.75) is 46.1 Å². The van der Waals surface area contributed by atoms with Crippen molar-refractivity contribution in [3.8, 4) is 0 Å². The van der Waals surface area contributed by atoms with Crippen molar-refractivity contribution in [3.63, 3.8) is 0 Å². The second-order valence-corrected chi connectivity index (χ2v) is 7.51. The van der Waals surface area contributed by atoms with E-state index in [9.17, 15) is 9.59 Å². The van der Waals surface area contributed by atoms with Gasteiger partial charge in [0.15, 0.2) is 0 Å². The predicted molar refractivity (Wildman–Crippen MR) is 112 cm³/mol. The average molecular weight is 401 g/mol. The lowest BCUT2D eigenvalue weighted by molar-refractivity contribution is -0.121. The number of aromatic amines is 1. The van der Waals surface area contributed by atoms with Crippen molar-refractivity contribution < 1.29 is 4.79 Å². The molecule has 2 N–H and O–H groups in total. The molecule has 0 saturated carbocycles. The van der Waals surface area contributed by atoms with Gasteiger partial charge >= 0.3 is 0 Å². The number of nitrogens with one attached hydrogen (secondary N) is 2. The summed E-state index contributed by atoms with van der Waals surface area (Å²) in [5, 5.41) is 9.05. The minimum atomic E-state index is -0.162. The van der Waals surface area contributed by atoms with Crippen molar-refractivity contribution >= 4 is 28.5 Å². The first-order chi connectivity index (χ1) is 13.3. The number of fused-ring (bicyclic) bond motifs is 1. The van der Waals surface area contributed by atoms with E-state index in [4.69, 9.17) is 11.6 Å². The molecular weight excluding hydrogens is 376 g/mol. The van der Waals surface area contributed by atoms with Crippen LogP contribution >= 0.6 is 11.6 Å². The maximum atomic E-state index is 12.5. The minimum absolute atomic E-state index is 0.0767. The van der Waals surface area contributed by atoms with Gasteiger partial charge in [-0.15, -0.1) is 0 Å². The lowest BCUT2D eigenvalue weighted by Gasteiger charge is -2.18. The summed E-state index contributed by atoms with van der Waals surface area (Å²) in [6.45, 7) is 5.86. The maximum Gasteiger partial charge on any atom is 0.253 e. The Bertz CT molecular complexity index is 1070. The Morgan fingerprint density at radius 1 is 1.29 bits per heavy atom. The Hall–Kier alpha value is -2.60. The van der Waals surface area contributed by atoms with Gasteiger partial charge in [0.2, 0.25) is 5.91 Å². The first-order valence-electron chi connectivity index (χ1n) is 9.41. The molecule has 3 rings (SSSR count). The number of aromatic nitrogens is 3. The van der Waals surface area contributed by atoms with E-state index in [0.717, 1.165) is 28.6 Å². The number of nitrogens with zero attached hydrogens (tertiary/aromatic N) is 2. The number of aryl methyl sites for hydroxylation is 3. The minimum Gasteiger partial charge on any atom is -0.349 e. The molecule has 0 saturated heterocycles. The summed E-state index contributed by atoms with van der Waals surface area (Å²) >= 11 is 5.94. The van der Waals surface area contributed by atoms with E-state index in [1.54, 1.807) is 11.7 Å². The lowest BCUT2D eigenvalue weighted by Crippen LogP contribution is -2.29. The van der Waals surface area contributed by atoms with Gasteiger partial charge in [0.1, 0.15) is 5.65 Å². The smallest absolute Gasteiger partial charge is 0.253 e. The van der Waals surface area contributed by atoms with E-state index < -0.39 is 0 Å². The van der Waals surface area contributed by atoms with Gasteiger partial charge in [0, 0.05) is 29.4 Å². The zero-order valence-electron chi connectivity index (χ0n) is 16.6. The molecule has 1 atom stereocenters. The molecule has 0 radical (unpaired) electrons. The first kappa shape index (κ1) is 20.1. The van der Waals surface area contributed by atoms with Crippen molar-refractivity contribution in [1.82, 2.24) is 20.1 Å². The monoisotopic (exact) mass is 400 g/mol. The Morgan fingerprint density at radius 3 is 2.61 bits per heavy atom. The van der Waals surface area contributed by atoms with Crippen LogP contribution in [0.25, 0.3) is 11.0 Å². The van der Waals surface area contributed by atoms with E-state index in [1.807, 2.05) is 45.0 Å². The Balaban J connectivity index is 1.74.